The van der Waals surface area contributed by atoms with Gasteiger partial charge in [-0.1, -0.05) is 54.6 Å². The molecule has 10 heteroatoms. The average Bonchev–Trinajstić information content (AvgIpc) is 3.27. The zero-order valence-corrected chi connectivity index (χ0v) is 22.8. The Labute approximate surface area is 235 Å². The minimum Gasteiger partial charge on any atom is -0.497 e. The minimum atomic E-state index is -1.25. The number of thioether (sulfide) groups is 1. The number of H-pyrrole nitrogens is 1. The van der Waals surface area contributed by atoms with E-state index in [-0.39, 0.29) is 6.61 Å². The van der Waals surface area contributed by atoms with Crippen molar-refractivity contribution in [1.82, 2.24) is 9.55 Å². The second-order valence-electron chi connectivity index (χ2n) is 9.38. The minimum absolute atomic E-state index is 0.0322. The average molecular weight is 563 g/mol. The van der Waals surface area contributed by atoms with Gasteiger partial charge in [0.15, 0.2) is 0 Å². The van der Waals surface area contributed by atoms with E-state index in [1.165, 1.54) is 28.6 Å². The van der Waals surface area contributed by atoms with E-state index in [1.807, 2.05) is 78.9 Å². The number of ether oxygens (including phenoxy) is 3. The Morgan fingerprint density at radius 1 is 0.800 bits per heavy atom. The molecule has 40 heavy (non-hydrogen) atoms. The highest BCUT2D eigenvalue weighted by Gasteiger charge is 2.46. The van der Waals surface area contributed by atoms with Gasteiger partial charge in [0.05, 0.1) is 32.2 Å². The smallest absolute Gasteiger partial charge is 0.329 e. The molecule has 0 saturated carbocycles. The first-order valence-electron chi connectivity index (χ1n) is 12.7. The number of aromatic nitrogens is 2. The fourth-order valence-corrected chi connectivity index (χ4v) is 6.45. The largest absolute Gasteiger partial charge is 0.497 e. The number of aliphatic hydroxyl groups excluding tert-OH is 2. The lowest BCUT2D eigenvalue weighted by Gasteiger charge is -2.37. The summed E-state index contributed by atoms with van der Waals surface area (Å²) in [7, 11) is 3.21. The van der Waals surface area contributed by atoms with Crippen molar-refractivity contribution in [2.75, 3.05) is 20.8 Å². The van der Waals surface area contributed by atoms with Crippen LogP contribution >= 0.6 is 11.8 Å². The van der Waals surface area contributed by atoms with Gasteiger partial charge in [-0.3, -0.25) is 14.3 Å². The Balaban J connectivity index is 1.56. The Hall–Kier alpha value is -3.83. The molecule has 1 fully saturated rings. The van der Waals surface area contributed by atoms with Crippen LogP contribution in [0.15, 0.2) is 101 Å². The molecule has 4 aromatic rings. The summed E-state index contributed by atoms with van der Waals surface area (Å²) < 4.78 is 18.9. The Kier molecular flexibility index (Phi) is 8.13. The molecule has 9 nitrogen and oxygen atoms in total. The maximum Gasteiger partial charge on any atom is 0.329 e. The van der Waals surface area contributed by atoms with Crippen LogP contribution in [-0.2, 0) is 10.3 Å². The summed E-state index contributed by atoms with van der Waals surface area (Å²) in [5, 5.41) is 20.5. The van der Waals surface area contributed by atoms with Crippen LogP contribution in [0.2, 0.25) is 0 Å². The highest BCUT2D eigenvalue weighted by molar-refractivity contribution is 8.00. The van der Waals surface area contributed by atoms with Crippen LogP contribution in [0.5, 0.6) is 11.5 Å². The molecule has 1 aromatic heterocycles. The van der Waals surface area contributed by atoms with Crippen molar-refractivity contribution < 1.29 is 24.4 Å². The molecule has 5 rings (SSSR count). The summed E-state index contributed by atoms with van der Waals surface area (Å²) >= 11 is 1.21. The topological polar surface area (TPSA) is 123 Å². The van der Waals surface area contributed by atoms with Crippen LogP contribution in [0, 0.1) is 0 Å². The number of nitrogens with one attached hydrogen (secondary N) is 1. The number of aromatic amines is 1. The molecule has 3 N–H and O–H groups in total. The van der Waals surface area contributed by atoms with Crippen LogP contribution in [0.1, 0.15) is 22.1 Å². The van der Waals surface area contributed by atoms with E-state index in [1.54, 1.807) is 14.2 Å². The first kappa shape index (κ1) is 27.7. The molecule has 1 saturated heterocycles. The molecular formula is C30H30N2O7S. The zero-order chi connectivity index (χ0) is 28.3. The van der Waals surface area contributed by atoms with Crippen molar-refractivity contribution >= 4 is 11.8 Å². The van der Waals surface area contributed by atoms with Gasteiger partial charge in [0.1, 0.15) is 28.6 Å². The summed E-state index contributed by atoms with van der Waals surface area (Å²) in [6.45, 7) is 0.0322. The molecule has 3 aromatic carbocycles. The van der Waals surface area contributed by atoms with Gasteiger partial charge in [0.2, 0.25) is 0 Å². The second-order valence-corrected chi connectivity index (χ2v) is 10.7. The Morgan fingerprint density at radius 3 is 1.88 bits per heavy atom. The lowest BCUT2D eigenvalue weighted by atomic mass is 9.80. The number of aliphatic hydroxyl groups is 2. The molecule has 0 spiro atoms. The molecule has 1 aliphatic heterocycles. The van der Waals surface area contributed by atoms with Crippen LogP contribution in [0.4, 0.5) is 0 Å². The molecule has 0 radical (unpaired) electrons. The summed E-state index contributed by atoms with van der Waals surface area (Å²) in [5.74, 6) is 1.39. The molecule has 1 aliphatic rings. The van der Waals surface area contributed by atoms with E-state index in [0.717, 1.165) is 16.7 Å². The highest BCUT2D eigenvalue weighted by atomic mass is 32.2. The third-order valence-corrected chi connectivity index (χ3v) is 8.65. The third kappa shape index (κ3) is 5.18. The van der Waals surface area contributed by atoms with Crippen LogP contribution in [0.25, 0.3) is 0 Å². The highest BCUT2D eigenvalue weighted by Crippen LogP contribution is 2.45. The number of hydrogen-bond donors (Lipinski definition) is 3. The van der Waals surface area contributed by atoms with Crippen molar-refractivity contribution in [3.8, 4) is 11.5 Å². The molecule has 4 unspecified atom stereocenters. The summed E-state index contributed by atoms with van der Waals surface area (Å²) in [5.41, 5.74) is 0.223. The van der Waals surface area contributed by atoms with Crippen molar-refractivity contribution in [2.45, 2.75) is 28.4 Å². The fraction of sp³-hybridized carbons (Fsp3) is 0.267. The van der Waals surface area contributed by atoms with E-state index in [2.05, 4.69) is 4.98 Å². The number of nitrogens with zero attached hydrogens (tertiary/aromatic N) is 1. The predicted molar refractivity (Wildman–Crippen MR) is 152 cm³/mol. The first-order chi connectivity index (χ1) is 19.4. The normalized spacial score (nSPS) is 20.8. The molecule has 4 atom stereocenters. The van der Waals surface area contributed by atoms with Gasteiger partial charge in [-0.15, -0.1) is 11.8 Å². The standard InChI is InChI=1S/C30H30N2O7S/c1-37-22-12-8-20(9-13-22)30(19-6-4-3-5-7-19,21-10-14-23(38-2)15-11-21)39-18-24-26(34)27(35)28(40-24)32-17-16-25(33)31-29(32)36/h3-17,24,26-28,34-35H,18H2,1-2H3,(H,31,33,36). The number of hydrogen-bond acceptors (Lipinski definition) is 8. The molecule has 0 bridgehead atoms. The summed E-state index contributed by atoms with van der Waals surface area (Å²) in [4.78, 5) is 26.2. The zero-order valence-electron chi connectivity index (χ0n) is 22.0. The third-order valence-electron chi connectivity index (χ3n) is 7.10. The van der Waals surface area contributed by atoms with E-state index < -0.39 is 39.7 Å². The van der Waals surface area contributed by atoms with Gasteiger partial charge in [0, 0.05) is 12.3 Å². The van der Waals surface area contributed by atoms with Crippen molar-refractivity contribution in [2.24, 2.45) is 0 Å². The Morgan fingerprint density at radius 2 is 1.35 bits per heavy atom. The predicted octanol–water partition coefficient (Wildman–Crippen LogP) is 2.90. The molecule has 0 amide bonds. The number of benzene rings is 3. The Bertz CT molecular complexity index is 1490. The lowest BCUT2D eigenvalue weighted by molar-refractivity contribution is -0.0273. The van der Waals surface area contributed by atoms with E-state index in [9.17, 15) is 19.8 Å². The van der Waals surface area contributed by atoms with E-state index >= 15 is 0 Å². The van der Waals surface area contributed by atoms with Gasteiger partial charge >= 0.3 is 5.69 Å². The van der Waals surface area contributed by atoms with E-state index in [0.29, 0.717) is 11.5 Å². The van der Waals surface area contributed by atoms with Crippen molar-refractivity contribution in [3.63, 3.8) is 0 Å². The number of rotatable bonds is 9. The van der Waals surface area contributed by atoms with Gasteiger partial charge in [0.25, 0.3) is 5.56 Å². The van der Waals surface area contributed by atoms with Crippen molar-refractivity contribution in [1.29, 1.82) is 0 Å². The summed E-state index contributed by atoms with van der Waals surface area (Å²) in [6.07, 6.45) is -1.12. The number of methoxy groups -OCH3 is 2. The first-order valence-corrected chi connectivity index (χ1v) is 13.6. The molecule has 0 aliphatic carbocycles. The summed E-state index contributed by atoms with van der Waals surface area (Å²) in [6, 6.07) is 26.1. The second kappa shape index (κ2) is 11.7. The van der Waals surface area contributed by atoms with Crippen molar-refractivity contribution in [3.05, 3.63) is 129 Å². The van der Waals surface area contributed by atoms with Crippen LogP contribution < -0.4 is 20.7 Å². The van der Waals surface area contributed by atoms with Gasteiger partial charge in [-0.2, -0.15) is 0 Å². The fourth-order valence-electron chi connectivity index (χ4n) is 5.01. The van der Waals surface area contributed by atoms with Gasteiger partial charge < -0.3 is 24.4 Å². The monoisotopic (exact) mass is 562 g/mol. The van der Waals surface area contributed by atoms with Gasteiger partial charge in [-0.25, -0.2) is 4.79 Å². The molecule has 2 heterocycles. The van der Waals surface area contributed by atoms with Crippen LogP contribution in [-0.4, -0.2) is 58.0 Å². The molecule has 208 valence electrons. The maximum absolute atomic E-state index is 12.4. The maximum atomic E-state index is 12.4. The molecular weight excluding hydrogens is 532 g/mol. The van der Waals surface area contributed by atoms with E-state index in [4.69, 9.17) is 14.2 Å². The quantitative estimate of drug-likeness (QED) is 0.266. The van der Waals surface area contributed by atoms with Crippen LogP contribution in [0.3, 0.4) is 0 Å². The lowest BCUT2D eigenvalue weighted by Crippen LogP contribution is -2.39. The SMILES string of the molecule is COc1ccc(C(OCC2SC(n3ccc(=O)[nH]c3=O)C(O)C2O)(c2ccccc2)c2ccc(OC)cc2)cc1. The van der Waals surface area contributed by atoms with Gasteiger partial charge in [-0.05, 0) is 41.0 Å².